The number of hydrogen-bond donors (Lipinski definition) is 2. The maximum absolute atomic E-state index is 12.8. The first-order valence-electron chi connectivity index (χ1n) is 8.66. The van der Waals surface area contributed by atoms with Crippen molar-refractivity contribution in [3.8, 4) is 5.88 Å². The standard InChI is InChI=1S/C18H20N6O3/c1-10-13(16(25)19-8-11-4-5-12(26-3)24-23-11)14-15(22-18(2)6-7-18)20-9-21-17(14)27-10/h4-5,9H,6-8H2,1-3H3,(H,19,25)(H,20,21,22). The van der Waals surface area contributed by atoms with E-state index in [4.69, 9.17) is 9.15 Å². The van der Waals surface area contributed by atoms with Gasteiger partial charge in [0.1, 0.15) is 17.9 Å². The number of rotatable bonds is 6. The number of carbonyl (C=O) groups is 1. The Bertz CT molecular complexity index is 994. The fourth-order valence-corrected chi connectivity index (χ4v) is 2.82. The molecule has 0 radical (unpaired) electrons. The minimum atomic E-state index is -0.275. The number of anilines is 1. The quantitative estimate of drug-likeness (QED) is 0.680. The Morgan fingerprint density at radius 3 is 2.78 bits per heavy atom. The first-order valence-corrected chi connectivity index (χ1v) is 8.66. The molecule has 27 heavy (non-hydrogen) atoms. The van der Waals surface area contributed by atoms with E-state index in [1.165, 1.54) is 13.4 Å². The molecule has 9 heteroatoms. The number of hydrogen-bond acceptors (Lipinski definition) is 8. The summed E-state index contributed by atoms with van der Waals surface area (Å²) in [7, 11) is 1.52. The molecule has 0 aliphatic heterocycles. The predicted molar refractivity (Wildman–Crippen MR) is 97.6 cm³/mol. The van der Waals surface area contributed by atoms with Gasteiger partial charge in [-0.1, -0.05) is 0 Å². The molecule has 0 bridgehead atoms. The summed E-state index contributed by atoms with van der Waals surface area (Å²) < 4.78 is 10.7. The molecule has 3 aromatic heterocycles. The van der Waals surface area contributed by atoms with Crippen LogP contribution in [0.15, 0.2) is 22.9 Å². The highest BCUT2D eigenvalue weighted by Gasteiger charge is 2.38. The summed E-state index contributed by atoms with van der Waals surface area (Å²) >= 11 is 0. The van der Waals surface area contributed by atoms with Gasteiger partial charge in [0.15, 0.2) is 0 Å². The van der Waals surface area contributed by atoms with Crippen LogP contribution in [0.1, 0.15) is 41.6 Å². The van der Waals surface area contributed by atoms with Gasteiger partial charge < -0.3 is 19.8 Å². The van der Waals surface area contributed by atoms with E-state index in [0.717, 1.165) is 12.8 Å². The van der Waals surface area contributed by atoms with E-state index in [1.54, 1.807) is 19.1 Å². The Labute approximate surface area is 155 Å². The second-order valence-electron chi connectivity index (χ2n) is 6.87. The summed E-state index contributed by atoms with van der Waals surface area (Å²) in [5.74, 6) is 1.25. The number of nitrogens with zero attached hydrogens (tertiary/aromatic N) is 4. The van der Waals surface area contributed by atoms with Crippen LogP contribution in [-0.2, 0) is 6.54 Å². The number of fused-ring (bicyclic) bond motifs is 1. The molecular formula is C18H20N6O3. The van der Waals surface area contributed by atoms with Crippen LogP contribution in [0.3, 0.4) is 0 Å². The molecule has 140 valence electrons. The van der Waals surface area contributed by atoms with Crippen LogP contribution in [0.25, 0.3) is 11.1 Å². The lowest BCUT2D eigenvalue weighted by atomic mass is 10.1. The van der Waals surface area contributed by atoms with E-state index < -0.39 is 0 Å². The summed E-state index contributed by atoms with van der Waals surface area (Å²) in [6, 6.07) is 3.44. The normalized spacial score (nSPS) is 14.8. The van der Waals surface area contributed by atoms with Crippen LogP contribution in [0.2, 0.25) is 0 Å². The Morgan fingerprint density at radius 1 is 1.30 bits per heavy atom. The highest BCUT2D eigenvalue weighted by molar-refractivity contribution is 6.10. The first kappa shape index (κ1) is 17.2. The molecule has 1 fully saturated rings. The smallest absolute Gasteiger partial charge is 0.255 e. The van der Waals surface area contributed by atoms with E-state index in [1.807, 2.05) is 0 Å². The monoisotopic (exact) mass is 368 g/mol. The number of methoxy groups -OCH3 is 1. The van der Waals surface area contributed by atoms with Crippen LogP contribution in [0.4, 0.5) is 5.82 Å². The molecule has 0 spiro atoms. The van der Waals surface area contributed by atoms with Crippen molar-refractivity contribution in [1.29, 1.82) is 0 Å². The number of aryl methyl sites for hydroxylation is 1. The molecule has 9 nitrogen and oxygen atoms in total. The molecule has 1 saturated carbocycles. The van der Waals surface area contributed by atoms with Gasteiger partial charge in [0.05, 0.1) is 30.3 Å². The number of carbonyl (C=O) groups excluding carboxylic acids is 1. The second kappa shape index (κ2) is 6.49. The summed E-state index contributed by atoms with van der Waals surface area (Å²) in [5.41, 5.74) is 1.45. The zero-order valence-corrected chi connectivity index (χ0v) is 15.4. The lowest BCUT2D eigenvalue weighted by Crippen LogP contribution is -2.24. The molecule has 0 unspecified atom stereocenters. The minimum Gasteiger partial charge on any atom is -0.480 e. The van der Waals surface area contributed by atoms with Gasteiger partial charge in [0.2, 0.25) is 11.6 Å². The van der Waals surface area contributed by atoms with Gasteiger partial charge in [-0.3, -0.25) is 4.79 Å². The average molecular weight is 368 g/mol. The first-order chi connectivity index (χ1) is 13.0. The second-order valence-corrected chi connectivity index (χ2v) is 6.87. The van der Waals surface area contributed by atoms with Crippen LogP contribution >= 0.6 is 0 Å². The summed E-state index contributed by atoms with van der Waals surface area (Å²) in [6.07, 6.45) is 3.56. The van der Waals surface area contributed by atoms with Gasteiger partial charge in [-0.25, -0.2) is 9.97 Å². The zero-order chi connectivity index (χ0) is 19.0. The fourth-order valence-electron chi connectivity index (χ4n) is 2.82. The maximum Gasteiger partial charge on any atom is 0.255 e. The van der Waals surface area contributed by atoms with Gasteiger partial charge in [-0.2, -0.15) is 5.10 Å². The van der Waals surface area contributed by atoms with Gasteiger partial charge in [-0.15, -0.1) is 5.10 Å². The molecule has 3 heterocycles. The number of amides is 1. The van der Waals surface area contributed by atoms with E-state index >= 15 is 0 Å². The molecule has 1 amide bonds. The molecule has 3 aromatic rings. The lowest BCUT2D eigenvalue weighted by molar-refractivity contribution is 0.0950. The number of furan rings is 1. The third-order valence-electron chi connectivity index (χ3n) is 4.65. The highest BCUT2D eigenvalue weighted by atomic mass is 16.5. The Kier molecular flexibility index (Phi) is 4.14. The van der Waals surface area contributed by atoms with Crippen molar-refractivity contribution in [3.63, 3.8) is 0 Å². The molecule has 0 saturated heterocycles. The van der Waals surface area contributed by atoms with E-state index in [9.17, 15) is 4.79 Å². The Balaban J connectivity index is 1.59. The highest BCUT2D eigenvalue weighted by Crippen LogP contribution is 2.40. The number of nitrogens with one attached hydrogen (secondary N) is 2. The summed E-state index contributed by atoms with van der Waals surface area (Å²) in [5, 5.41) is 14.8. The van der Waals surface area contributed by atoms with Crippen LogP contribution < -0.4 is 15.4 Å². The summed E-state index contributed by atoms with van der Waals surface area (Å²) in [4.78, 5) is 21.3. The van der Waals surface area contributed by atoms with Crippen LogP contribution in [0.5, 0.6) is 5.88 Å². The third-order valence-corrected chi connectivity index (χ3v) is 4.65. The molecule has 0 aromatic carbocycles. The van der Waals surface area contributed by atoms with Crippen LogP contribution in [0, 0.1) is 6.92 Å². The summed E-state index contributed by atoms with van der Waals surface area (Å²) in [6.45, 7) is 4.10. The van der Waals surface area contributed by atoms with Crippen molar-refractivity contribution in [2.45, 2.75) is 38.8 Å². The molecule has 0 atom stereocenters. The number of ether oxygens (including phenoxy) is 1. The Hall–Kier alpha value is -3.23. The van der Waals surface area contributed by atoms with Gasteiger partial charge in [-0.05, 0) is 32.8 Å². The number of aromatic nitrogens is 4. The average Bonchev–Trinajstić information content (AvgIpc) is 3.28. The van der Waals surface area contributed by atoms with Crippen molar-refractivity contribution >= 4 is 22.8 Å². The van der Waals surface area contributed by atoms with E-state index in [-0.39, 0.29) is 18.0 Å². The van der Waals surface area contributed by atoms with Crippen molar-refractivity contribution < 1.29 is 13.9 Å². The molecule has 1 aliphatic carbocycles. The van der Waals surface area contributed by atoms with Crippen molar-refractivity contribution in [2.75, 3.05) is 12.4 Å². The lowest BCUT2D eigenvalue weighted by Gasteiger charge is -2.13. The fraction of sp³-hybridized carbons (Fsp3) is 0.389. The molecule has 4 rings (SSSR count). The largest absolute Gasteiger partial charge is 0.480 e. The maximum atomic E-state index is 12.8. The van der Waals surface area contributed by atoms with Crippen LogP contribution in [-0.4, -0.2) is 38.7 Å². The molecule has 1 aliphatic rings. The van der Waals surface area contributed by atoms with Gasteiger partial charge >= 0.3 is 0 Å². The molecule has 2 N–H and O–H groups in total. The van der Waals surface area contributed by atoms with Crippen molar-refractivity contribution in [2.24, 2.45) is 0 Å². The minimum absolute atomic E-state index is 0.0128. The molecular weight excluding hydrogens is 348 g/mol. The van der Waals surface area contributed by atoms with E-state index in [2.05, 4.69) is 37.7 Å². The third kappa shape index (κ3) is 3.40. The predicted octanol–water partition coefficient (Wildman–Crippen LogP) is 2.22. The van der Waals surface area contributed by atoms with Gasteiger partial charge in [0.25, 0.3) is 5.91 Å². The zero-order valence-electron chi connectivity index (χ0n) is 15.4. The van der Waals surface area contributed by atoms with E-state index in [0.29, 0.717) is 39.8 Å². The topological polar surface area (TPSA) is 115 Å². The SMILES string of the molecule is COc1ccc(CNC(=O)c2c(C)oc3ncnc(NC4(C)CC4)c23)nn1. The van der Waals surface area contributed by atoms with Crippen molar-refractivity contribution in [3.05, 3.63) is 35.5 Å². The van der Waals surface area contributed by atoms with Gasteiger partial charge in [0, 0.05) is 11.6 Å². The van der Waals surface area contributed by atoms with Crippen molar-refractivity contribution in [1.82, 2.24) is 25.5 Å². The Morgan fingerprint density at radius 2 is 2.11 bits per heavy atom.